The molecule has 0 amide bonds. The Kier molecular flexibility index (Phi) is 4.93. The number of ether oxygens (including phenoxy) is 1. The van der Waals surface area contributed by atoms with Gasteiger partial charge in [-0.05, 0) is 42.8 Å². The fourth-order valence-electron chi connectivity index (χ4n) is 2.02. The Labute approximate surface area is 132 Å². The van der Waals surface area contributed by atoms with Crippen LogP contribution in [0.2, 0.25) is 0 Å². The van der Waals surface area contributed by atoms with Gasteiger partial charge in [-0.25, -0.2) is 0 Å². The molecule has 3 nitrogen and oxygen atoms in total. The van der Waals surface area contributed by atoms with Crippen molar-refractivity contribution in [2.24, 2.45) is 4.99 Å². The van der Waals surface area contributed by atoms with Crippen molar-refractivity contribution in [1.82, 2.24) is 0 Å². The molecule has 0 fully saturated rings. The SMILES string of the molecule is COc1ccc(O)c(C=N[C@@H](C)c2cccc(C(F)(F)F)c2)c1. The molecule has 2 rings (SSSR count). The number of rotatable bonds is 4. The lowest BCUT2D eigenvalue weighted by atomic mass is 10.1. The third-order valence-corrected chi connectivity index (χ3v) is 3.37. The van der Waals surface area contributed by atoms with Crippen molar-refractivity contribution in [3.05, 3.63) is 59.2 Å². The number of nitrogens with zero attached hydrogens (tertiary/aromatic N) is 1. The molecule has 0 radical (unpaired) electrons. The number of phenolic OH excluding ortho intramolecular Hbond substituents is 1. The first kappa shape index (κ1) is 16.9. The maximum atomic E-state index is 12.7. The number of aliphatic imine (C=N–C) groups is 1. The van der Waals surface area contributed by atoms with E-state index in [9.17, 15) is 18.3 Å². The zero-order valence-electron chi connectivity index (χ0n) is 12.6. The minimum Gasteiger partial charge on any atom is -0.507 e. The van der Waals surface area contributed by atoms with Gasteiger partial charge in [-0.3, -0.25) is 4.99 Å². The van der Waals surface area contributed by atoms with Crippen LogP contribution in [-0.4, -0.2) is 18.4 Å². The molecular weight excluding hydrogens is 307 g/mol. The Morgan fingerprint density at radius 3 is 2.57 bits per heavy atom. The van der Waals surface area contributed by atoms with Crippen LogP contribution in [0, 0.1) is 0 Å². The number of methoxy groups -OCH3 is 1. The largest absolute Gasteiger partial charge is 0.507 e. The maximum Gasteiger partial charge on any atom is 0.416 e. The van der Waals surface area contributed by atoms with Gasteiger partial charge in [0.25, 0.3) is 0 Å². The molecule has 23 heavy (non-hydrogen) atoms. The Morgan fingerprint density at radius 2 is 1.91 bits per heavy atom. The molecule has 0 heterocycles. The molecule has 0 saturated heterocycles. The number of aromatic hydroxyl groups is 1. The van der Waals surface area contributed by atoms with Gasteiger partial charge in [-0.1, -0.05) is 12.1 Å². The predicted molar refractivity (Wildman–Crippen MR) is 82.1 cm³/mol. The van der Waals surface area contributed by atoms with Gasteiger partial charge in [0.1, 0.15) is 11.5 Å². The van der Waals surface area contributed by atoms with Crippen molar-refractivity contribution in [3.63, 3.8) is 0 Å². The second kappa shape index (κ2) is 6.73. The molecule has 0 saturated carbocycles. The lowest BCUT2D eigenvalue weighted by Gasteiger charge is -2.11. The molecular formula is C17H16F3NO2. The van der Waals surface area contributed by atoms with Crippen LogP contribution in [0.1, 0.15) is 29.7 Å². The summed E-state index contributed by atoms with van der Waals surface area (Å²) in [7, 11) is 1.50. The van der Waals surface area contributed by atoms with E-state index < -0.39 is 17.8 Å². The van der Waals surface area contributed by atoms with E-state index in [0.29, 0.717) is 16.9 Å². The van der Waals surface area contributed by atoms with Crippen molar-refractivity contribution >= 4 is 6.21 Å². The highest BCUT2D eigenvalue weighted by Gasteiger charge is 2.30. The molecule has 0 aliphatic rings. The Balaban J connectivity index is 2.23. The van der Waals surface area contributed by atoms with E-state index in [1.165, 1.54) is 25.5 Å². The summed E-state index contributed by atoms with van der Waals surface area (Å²) in [5.74, 6) is 0.571. The molecule has 0 bridgehead atoms. The summed E-state index contributed by atoms with van der Waals surface area (Å²) in [5.41, 5.74) is 0.169. The van der Waals surface area contributed by atoms with Gasteiger partial charge in [0, 0.05) is 11.8 Å². The second-order valence-electron chi connectivity index (χ2n) is 5.00. The van der Waals surface area contributed by atoms with Gasteiger partial charge in [0.15, 0.2) is 0 Å². The summed E-state index contributed by atoms with van der Waals surface area (Å²) in [6.45, 7) is 1.68. The van der Waals surface area contributed by atoms with Crippen molar-refractivity contribution in [1.29, 1.82) is 0 Å². The number of hydrogen-bond donors (Lipinski definition) is 1. The highest BCUT2D eigenvalue weighted by Crippen LogP contribution is 2.31. The van der Waals surface area contributed by atoms with E-state index in [1.807, 2.05) is 0 Å². The number of hydrogen-bond acceptors (Lipinski definition) is 3. The first-order chi connectivity index (χ1) is 10.8. The van der Waals surface area contributed by atoms with Crippen molar-refractivity contribution in [2.75, 3.05) is 7.11 Å². The average molecular weight is 323 g/mol. The predicted octanol–water partition coefficient (Wildman–Crippen LogP) is 4.60. The lowest BCUT2D eigenvalue weighted by Crippen LogP contribution is -2.05. The highest BCUT2D eigenvalue weighted by atomic mass is 19.4. The van der Waals surface area contributed by atoms with Gasteiger partial charge in [0.2, 0.25) is 0 Å². The molecule has 122 valence electrons. The van der Waals surface area contributed by atoms with E-state index in [4.69, 9.17) is 4.74 Å². The Bertz CT molecular complexity index is 711. The quantitative estimate of drug-likeness (QED) is 0.836. The third-order valence-electron chi connectivity index (χ3n) is 3.37. The van der Waals surface area contributed by atoms with Crippen molar-refractivity contribution < 1.29 is 23.0 Å². The van der Waals surface area contributed by atoms with E-state index >= 15 is 0 Å². The number of phenols is 1. The van der Waals surface area contributed by atoms with E-state index in [0.717, 1.165) is 12.1 Å². The summed E-state index contributed by atoms with van der Waals surface area (Å²) in [6, 6.07) is 9.22. The fourth-order valence-corrected chi connectivity index (χ4v) is 2.02. The lowest BCUT2D eigenvalue weighted by molar-refractivity contribution is -0.137. The highest BCUT2D eigenvalue weighted by molar-refractivity contribution is 5.84. The van der Waals surface area contributed by atoms with Gasteiger partial charge in [-0.2, -0.15) is 13.2 Å². The summed E-state index contributed by atoms with van der Waals surface area (Å²) in [5, 5.41) is 9.77. The minimum atomic E-state index is -4.38. The second-order valence-corrected chi connectivity index (χ2v) is 5.00. The van der Waals surface area contributed by atoms with Gasteiger partial charge in [0.05, 0.1) is 18.7 Å². The molecule has 2 aromatic carbocycles. The summed E-state index contributed by atoms with van der Waals surface area (Å²) in [6.07, 6.45) is -2.96. The van der Waals surface area contributed by atoms with Crippen LogP contribution in [-0.2, 0) is 6.18 Å². The van der Waals surface area contributed by atoms with Crippen LogP contribution in [0.3, 0.4) is 0 Å². The maximum absolute atomic E-state index is 12.7. The van der Waals surface area contributed by atoms with Gasteiger partial charge >= 0.3 is 6.18 Å². The van der Waals surface area contributed by atoms with Crippen LogP contribution in [0.5, 0.6) is 11.5 Å². The van der Waals surface area contributed by atoms with Gasteiger partial charge < -0.3 is 9.84 Å². The Morgan fingerprint density at radius 1 is 1.17 bits per heavy atom. The van der Waals surface area contributed by atoms with E-state index in [2.05, 4.69) is 4.99 Å². The number of benzene rings is 2. The van der Waals surface area contributed by atoms with Crippen molar-refractivity contribution in [3.8, 4) is 11.5 Å². The molecule has 0 unspecified atom stereocenters. The summed E-state index contributed by atoms with van der Waals surface area (Å²) >= 11 is 0. The average Bonchev–Trinajstić information content (AvgIpc) is 2.53. The summed E-state index contributed by atoms with van der Waals surface area (Å²) in [4.78, 5) is 4.22. The number of alkyl halides is 3. The van der Waals surface area contributed by atoms with Crippen LogP contribution in [0.25, 0.3) is 0 Å². The molecule has 1 atom stereocenters. The normalized spacial score (nSPS) is 13.3. The van der Waals surface area contributed by atoms with E-state index in [1.54, 1.807) is 25.1 Å². The zero-order valence-corrected chi connectivity index (χ0v) is 12.6. The molecule has 1 N–H and O–H groups in total. The molecule has 0 spiro atoms. The van der Waals surface area contributed by atoms with Crippen LogP contribution in [0.15, 0.2) is 47.5 Å². The van der Waals surface area contributed by atoms with Crippen LogP contribution < -0.4 is 4.74 Å². The molecule has 0 aromatic heterocycles. The first-order valence-corrected chi connectivity index (χ1v) is 6.88. The minimum absolute atomic E-state index is 0.0193. The zero-order chi connectivity index (χ0) is 17.0. The molecule has 0 aliphatic heterocycles. The van der Waals surface area contributed by atoms with Crippen LogP contribution in [0.4, 0.5) is 13.2 Å². The van der Waals surface area contributed by atoms with Gasteiger partial charge in [-0.15, -0.1) is 0 Å². The molecule has 0 aliphatic carbocycles. The molecule has 2 aromatic rings. The third kappa shape index (κ3) is 4.25. The first-order valence-electron chi connectivity index (χ1n) is 6.88. The number of halogens is 3. The van der Waals surface area contributed by atoms with E-state index in [-0.39, 0.29) is 5.75 Å². The Hall–Kier alpha value is -2.50. The van der Waals surface area contributed by atoms with Crippen LogP contribution >= 0.6 is 0 Å². The fraction of sp³-hybridized carbons (Fsp3) is 0.235. The topological polar surface area (TPSA) is 41.8 Å². The monoisotopic (exact) mass is 323 g/mol. The molecule has 6 heteroatoms. The summed E-state index contributed by atoms with van der Waals surface area (Å²) < 4.78 is 43.3. The van der Waals surface area contributed by atoms with Crippen molar-refractivity contribution in [2.45, 2.75) is 19.1 Å². The standard InChI is InChI=1S/C17H16F3NO2/c1-11(12-4-3-5-14(8-12)17(18,19)20)21-10-13-9-15(23-2)6-7-16(13)22/h3-11,22H,1-2H3/t11-/m0/s1. The smallest absolute Gasteiger partial charge is 0.416 e.